The van der Waals surface area contributed by atoms with E-state index in [9.17, 15) is 14.2 Å². The molecule has 1 N–H and O–H groups in total. The van der Waals surface area contributed by atoms with Crippen LogP contribution in [0.5, 0.6) is 0 Å². The molecule has 1 aliphatic rings. The second-order valence-electron chi connectivity index (χ2n) is 8.12. The lowest BCUT2D eigenvalue weighted by atomic mass is 10.1. The average Bonchev–Trinajstić information content (AvgIpc) is 2.94. The minimum atomic E-state index is -3.83. The maximum atomic E-state index is 14.8. The van der Waals surface area contributed by atoms with Crippen molar-refractivity contribution in [1.29, 1.82) is 0 Å². The summed E-state index contributed by atoms with van der Waals surface area (Å²) in [5.74, 6) is -0.908. The Balaban J connectivity index is 1.97. The summed E-state index contributed by atoms with van der Waals surface area (Å²) in [5.41, 5.74) is 0.851. The van der Waals surface area contributed by atoms with Gasteiger partial charge in [-0.2, -0.15) is 0 Å². The van der Waals surface area contributed by atoms with Crippen LogP contribution in [-0.4, -0.2) is 49.6 Å². The molecule has 1 fully saturated rings. The van der Waals surface area contributed by atoms with Crippen molar-refractivity contribution in [3.05, 3.63) is 108 Å². The van der Waals surface area contributed by atoms with Crippen LogP contribution in [0.25, 0.3) is 5.31 Å². The summed E-state index contributed by atoms with van der Waals surface area (Å²) in [5, 5.41) is 3.42. The highest BCUT2D eigenvalue weighted by atomic mass is 31.2. The number of benzene rings is 3. The van der Waals surface area contributed by atoms with E-state index in [1.165, 1.54) is 0 Å². The van der Waals surface area contributed by atoms with Crippen molar-refractivity contribution in [2.24, 2.45) is 0 Å². The van der Waals surface area contributed by atoms with E-state index in [4.69, 9.17) is 9.26 Å². The predicted molar refractivity (Wildman–Crippen MR) is 140 cm³/mol. The van der Waals surface area contributed by atoms with Crippen molar-refractivity contribution < 1.29 is 23.4 Å². The molecule has 2 amide bonds. The van der Waals surface area contributed by atoms with Crippen molar-refractivity contribution in [3.63, 3.8) is 0 Å². The number of hydrogen-bond acceptors (Lipinski definition) is 5. The molecule has 0 bridgehead atoms. The van der Waals surface area contributed by atoms with Crippen LogP contribution >= 0.6 is 7.37 Å². The van der Waals surface area contributed by atoms with E-state index in [0.717, 1.165) is 0 Å². The Morgan fingerprint density at radius 1 is 0.861 bits per heavy atom. The Morgan fingerprint density at radius 3 is 1.94 bits per heavy atom. The third-order valence-corrected chi connectivity index (χ3v) is 8.44. The Labute approximate surface area is 211 Å². The topological polar surface area (TPSA) is 84.9 Å². The summed E-state index contributed by atoms with van der Waals surface area (Å²) in [6.07, 6.45) is 0. The number of carbonyl (C=O) groups excluding carboxylic acids is 2. The predicted octanol–water partition coefficient (Wildman–Crippen LogP) is 4.28. The zero-order valence-electron chi connectivity index (χ0n) is 20.1. The fourth-order valence-corrected chi connectivity index (χ4v) is 6.45. The van der Waals surface area contributed by atoms with E-state index in [0.29, 0.717) is 42.7 Å². The average molecular weight is 505 g/mol. The third kappa shape index (κ3) is 5.65. The first-order valence-electron chi connectivity index (χ1n) is 11.9. The lowest BCUT2D eigenvalue weighted by Gasteiger charge is -2.30. The first-order chi connectivity index (χ1) is 17.5. The minimum absolute atomic E-state index is 0.0578. The Morgan fingerprint density at radius 2 is 1.39 bits per heavy atom. The van der Waals surface area contributed by atoms with E-state index in [1.807, 2.05) is 12.1 Å². The van der Waals surface area contributed by atoms with Gasteiger partial charge in [-0.3, -0.25) is 14.2 Å². The molecule has 36 heavy (non-hydrogen) atoms. The van der Waals surface area contributed by atoms with Gasteiger partial charge in [0.05, 0.1) is 25.1 Å². The number of hydrogen-bond donors (Lipinski definition) is 1. The minimum Gasteiger partial charge on any atom is -0.378 e. The molecule has 3 aromatic carbocycles. The summed E-state index contributed by atoms with van der Waals surface area (Å²) in [7, 11) is -3.83. The van der Waals surface area contributed by atoms with Gasteiger partial charge in [0, 0.05) is 24.0 Å². The molecule has 4 rings (SSSR count). The molecule has 0 saturated carbocycles. The van der Waals surface area contributed by atoms with Gasteiger partial charge in [-0.15, -0.1) is 0 Å². The maximum absolute atomic E-state index is 14.8. The fraction of sp³-hybridized carbons (Fsp3) is 0.214. The highest BCUT2D eigenvalue weighted by Crippen LogP contribution is 2.59. The number of rotatable bonds is 8. The zero-order valence-corrected chi connectivity index (χ0v) is 21.0. The summed E-state index contributed by atoms with van der Waals surface area (Å²) in [6, 6.07) is 26.4. The molecule has 3 aromatic rings. The van der Waals surface area contributed by atoms with Gasteiger partial charge in [0.2, 0.25) is 0 Å². The standard InChI is InChI=1S/C28H29N2O5P/c1-2-35-36(33,24-16-10-5-11-17-24)26(22-12-6-3-7-13-22)25(28(32)30-18-20-34-21-19-30)29-27(31)23-14-8-4-9-15-23/h3-17H,2,18-21H2,1H3,(H,29,31)/b26-25-/t36-/m1/s1. The van der Waals surface area contributed by atoms with Gasteiger partial charge in [0.1, 0.15) is 5.70 Å². The monoisotopic (exact) mass is 504 g/mol. The summed E-state index contributed by atoms with van der Waals surface area (Å²) in [6.45, 7) is 3.38. The third-order valence-electron chi connectivity index (χ3n) is 5.77. The largest absolute Gasteiger partial charge is 0.378 e. The molecule has 0 radical (unpaired) electrons. The van der Waals surface area contributed by atoms with Crippen LogP contribution in [0, 0.1) is 0 Å². The van der Waals surface area contributed by atoms with Gasteiger partial charge in [-0.25, -0.2) is 0 Å². The van der Waals surface area contributed by atoms with Crippen molar-refractivity contribution in [3.8, 4) is 0 Å². The van der Waals surface area contributed by atoms with Gasteiger partial charge < -0.3 is 19.5 Å². The molecule has 186 valence electrons. The number of amides is 2. The molecule has 0 unspecified atom stereocenters. The highest BCUT2D eigenvalue weighted by molar-refractivity contribution is 7.77. The molecule has 7 nitrogen and oxygen atoms in total. The molecule has 1 aliphatic heterocycles. The fourth-order valence-electron chi connectivity index (χ4n) is 4.05. The maximum Gasteiger partial charge on any atom is 0.271 e. The van der Waals surface area contributed by atoms with Crippen LogP contribution in [-0.2, 0) is 18.6 Å². The molecule has 0 spiro atoms. The van der Waals surface area contributed by atoms with Crippen LogP contribution in [0.4, 0.5) is 0 Å². The van der Waals surface area contributed by atoms with E-state index >= 15 is 0 Å². The van der Waals surface area contributed by atoms with Crippen LogP contribution in [0.3, 0.4) is 0 Å². The van der Waals surface area contributed by atoms with Crippen LogP contribution < -0.4 is 10.6 Å². The zero-order chi connectivity index (χ0) is 25.4. The normalized spacial score (nSPS) is 16.0. The van der Waals surface area contributed by atoms with E-state index in [2.05, 4.69) is 5.32 Å². The number of nitrogens with one attached hydrogen (secondary N) is 1. The van der Waals surface area contributed by atoms with Gasteiger partial charge in [-0.1, -0.05) is 66.7 Å². The van der Waals surface area contributed by atoms with E-state index < -0.39 is 19.2 Å². The van der Waals surface area contributed by atoms with Crippen molar-refractivity contribution in [1.82, 2.24) is 10.2 Å². The van der Waals surface area contributed by atoms with Crippen molar-refractivity contribution in [2.75, 3.05) is 32.9 Å². The van der Waals surface area contributed by atoms with Gasteiger partial charge in [0.15, 0.2) is 0 Å². The van der Waals surface area contributed by atoms with E-state index in [-0.39, 0.29) is 17.6 Å². The molecule has 1 heterocycles. The van der Waals surface area contributed by atoms with Crippen molar-refractivity contribution in [2.45, 2.75) is 6.92 Å². The SMILES string of the molecule is CCO[P@@](=O)(/C(=C(\NC(=O)c1ccccc1)C(=O)N1CCOCC1)c1ccccc1)c1ccccc1. The quantitative estimate of drug-likeness (QED) is 0.366. The molecule has 0 aliphatic carbocycles. The molecular weight excluding hydrogens is 475 g/mol. The first-order valence-corrected chi connectivity index (χ1v) is 13.5. The number of morpholine rings is 1. The molecule has 1 saturated heterocycles. The molecular formula is C28H29N2O5P. The Kier molecular flexibility index (Phi) is 8.49. The van der Waals surface area contributed by atoms with Gasteiger partial charge in [-0.05, 0) is 36.8 Å². The highest BCUT2D eigenvalue weighted by Gasteiger charge is 2.38. The van der Waals surface area contributed by atoms with Crippen molar-refractivity contribution >= 4 is 29.8 Å². The van der Waals surface area contributed by atoms with Crippen LogP contribution in [0.15, 0.2) is 96.7 Å². The lowest BCUT2D eigenvalue weighted by molar-refractivity contribution is -0.131. The van der Waals surface area contributed by atoms with Gasteiger partial charge in [0.25, 0.3) is 19.2 Å². The Hall–Kier alpha value is -3.51. The summed E-state index contributed by atoms with van der Waals surface area (Å²) >= 11 is 0. The molecule has 0 aromatic heterocycles. The summed E-state index contributed by atoms with van der Waals surface area (Å²) < 4.78 is 26.2. The number of carbonyl (C=O) groups is 2. The van der Waals surface area contributed by atoms with Crippen LogP contribution in [0.2, 0.25) is 0 Å². The first kappa shape index (κ1) is 25.6. The Bertz CT molecular complexity index is 1260. The smallest absolute Gasteiger partial charge is 0.271 e. The van der Waals surface area contributed by atoms with Gasteiger partial charge >= 0.3 is 0 Å². The molecule has 1 atom stereocenters. The lowest BCUT2D eigenvalue weighted by Crippen LogP contribution is -2.45. The second-order valence-corrected chi connectivity index (χ2v) is 10.4. The van der Waals surface area contributed by atoms with E-state index in [1.54, 1.807) is 90.7 Å². The second kappa shape index (κ2) is 12.0. The summed E-state index contributed by atoms with van der Waals surface area (Å²) in [4.78, 5) is 28.9. The van der Waals surface area contributed by atoms with Crippen LogP contribution in [0.1, 0.15) is 22.8 Å². The number of nitrogens with zero attached hydrogens (tertiary/aromatic N) is 1. The molecule has 8 heteroatoms. The number of ether oxygens (including phenoxy) is 1.